The quantitative estimate of drug-likeness (QED) is 0.562. The summed E-state index contributed by atoms with van der Waals surface area (Å²) in [5.41, 5.74) is 1.81. The van der Waals surface area contributed by atoms with Gasteiger partial charge in [0.15, 0.2) is 5.82 Å². The van der Waals surface area contributed by atoms with E-state index in [-0.39, 0.29) is 24.3 Å². The van der Waals surface area contributed by atoms with E-state index in [2.05, 4.69) is 56.9 Å². The van der Waals surface area contributed by atoms with Crippen molar-refractivity contribution in [1.82, 2.24) is 25.7 Å². The average Bonchev–Trinajstić information content (AvgIpc) is 3.13. The van der Waals surface area contributed by atoms with E-state index in [1.54, 1.807) is 0 Å². The molecule has 1 atom stereocenters. The Balaban J connectivity index is 1.57. The number of aromatic nitrogens is 2. The Bertz CT molecular complexity index is 914. The molecule has 1 saturated carbocycles. The largest absolute Gasteiger partial charge is 0.354 e. The zero-order valence-corrected chi connectivity index (χ0v) is 20.3. The Kier molecular flexibility index (Phi) is 8.61. The lowest BCUT2D eigenvalue weighted by Gasteiger charge is -2.30. The number of nitrogens with zero attached hydrogens (tertiary/aromatic N) is 3. The molecule has 1 aliphatic rings. The van der Waals surface area contributed by atoms with E-state index in [4.69, 9.17) is 4.52 Å². The molecular weight excluding hydrogens is 418 g/mol. The van der Waals surface area contributed by atoms with Gasteiger partial charge in [0.05, 0.1) is 6.04 Å². The van der Waals surface area contributed by atoms with Gasteiger partial charge in [0.25, 0.3) is 0 Å². The molecule has 0 aliphatic heterocycles. The fourth-order valence-electron chi connectivity index (χ4n) is 4.53. The second kappa shape index (κ2) is 11.4. The van der Waals surface area contributed by atoms with Gasteiger partial charge in [0.2, 0.25) is 17.7 Å². The van der Waals surface area contributed by atoms with E-state index in [9.17, 15) is 9.59 Å². The lowest BCUT2D eigenvalue weighted by molar-refractivity contribution is -0.122. The van der Waals surface area contributed by atoms with Crippen molar-refractivity contribution < 1.29 is 14.1 Å². The van der Waals surface area contributed by atoms with Gasteiger partial charge < -0.3 is 20.1 Å². The normalized spacial score (nSPS) is 16.8. The summed E-state index contributed by atoms with van der Waals surface area (Å²) in [6.07, 6.45) is 6.55. The Morgan fingerprint density at radius 3 is 2.39 bits per heavy atom. The third-order valence-corrected chi connectivity index (χ3v) is 6.41. The van der Waals surface area contributed by atoms with Crippen LogP contribution in [-0.4, -0.2) is 47.5 Å². The van der Waals surface area contributed by atoms with Gasteiger partial charge in [-0.1, -0.05) is 60.7 Å². The van der Waals surface area contributed by atoms with Gasteiger partial charge in [0.1, 0.15) is 5.54 Å². The molecule has 0 bridgehead atoms. The SMILES string of the molecule is CC(=O)NC1(c2noc(CCC(=O)NCC(c3ccc(C)cc3)N(C)C)n2)CCCCCC1. The molecule has 8 nitrogen and oxygen atoms in total. The highest BCUT2D eigenvalue weighted by Gasteiger charge is 2.38. The van der Waals surface area contributed by atoms with Crippen molar-refractivity contribution in [1.29, 1.82) is 0 Å². The second-order valence-corrected chi connectivity index (χ2v) is 9.38. The number of amides is 2. The van der Waals surface area contributed by atoms with Crippen molar-refractivity contribution in [2.75, 3.05) is 20.6 Å². The van der Waals surface area contributed by atoms with Crippen molar-refractivity contribution in [3.8, 4) is 0 Å². The van der Waals surface area contributed by atoms with Crippen LogP contribution in [0.15, 0.2) is 28.8 Å². The summed E-state index contributed by atoms with van der Waals surface area (Å²) in [5, 5.41) is 10.3. The lowest BCUT2D eigenvalue weighted by Crippen LogP contribution is -2.45. The molecule has 1 aromatic carbocycles. The predicted octanol–water partition coefficient (Wildman–Crippen LogP) is 3.42. The first-order valence-electron chi connectivity index (χ1n) is 11.9. The number of rotatable bonds is 9. The number of aryl methyl sites for hydroxylation is 2. The minimum Gasteiger partial charge on any atom is -0.354 e. The summed E-state index contributed by atoms with van der Waals surface area (Å²) < 4.78 is 5.46. The maximum atomic E-state index is 12.5. The highest BCUT2D eigenvalue weighted by molar-refractivity contribution is 5.76. The van der Waals surface area contributed by atoms with Crippen molar-refractivity contribution in [3.63, 3.8) is 0 Å². The summed E-state index contributed by atoms with van der Waals surface area (Å²) in [6, 6.07) is 8.47. The lowest BCUT2D eigenvalue weighted by atomic mass is 9.89. The Morgan fingerprint density at radius 2 is 1.79 bits per heavy atom. The van der Waals surface area contributed by atoms with Gasteiger partial charge in [-0.25, -0.2) is 0 Å². The topological polar surface area (TPSA) is 100 Å². The maximum Gasteiger partial charge on any atom is 0.227 e. The molecule has 2 amide bonds. The first-order chi connectivity index (χ1) is 15.8. The highest BCUT2D eigenvalue weighted by atomic mass is 16.5. The maximum absolute atomic E-state index is 12.5. The fraction of sp³-hybridized carbons (Fsp3) is 0.600. The summed E-state index contributed by atoms with van der Waals surface area (Å²) in [7, 11) is 4.02. The molecule has 0 saturated heterocycles. The minimum absolute atomic E-state index is 0.0558. The van der Waals surface area contributed by atoms with E-state index in [1.807, 2.05) is 14.1 Å². The van der Waals surface area contributed by atoms with Crippen molar-refractivity contribution >= 4 is 11.8 Å². The van der Waals surface area contributed by atoms with Gasteiger partial charge in [-0.3, -0.25) is 9.59 Å². The Labute approximate surface area is 196 Å². The van der Waals surface area contributed by atoms with E-state index in [1.165, 1.54) is 18.1 Å². The molecule has 3 rings (SSSR count). The molecule has 0 radical (unpaired) electrons. The molecule has 1 heterocycles. The zero-order chi connectivity index (χ0) is 23.8. The van der Waals surface area contributed by atoms with Crippen molar-refractivity contribution in [2.24, 2.45) is 0 Å². The van der Waals surface area contributed by atoms with E-state index < -0.39 is 5.54 Å². The van der Waals surface area contributed by atoms with Crippen LogP contribution in [0.2, 0.25) is 0 Å². The smallest absolute Gasteiger partial charge is 0.227 e. The van der Waals surface area contributed by atoms with Crippen molar-refractivity contribution in [3.05, 3.63) is 47.1 Å². The number of carbonyl (C=O) groups is 2. The van der Waals surface area contributed by atoms with Crippen LogP contribution >= 0.6 is 0 Å². The minimum atomic E-state index is -0.570. The molecule has 1 aliphatic carbocycles. The summed E-state index contributed by atoms with van der Waals surface area (Å²) in [4.78, 5) is 31.1. The summed E-state index contributed by atoms with van der Waals surface area (Å²) in [6.45, 7) is 4.11. The first kappa shape index (κ1) is 24.9. The van der Waals surface area contributed by atoms with Gasteiger partial charge in [-0.15, -0.1) is 0 Å². The van der Waals surface area contributed by atoms with Crippen LogP contribution < -0.4 is 10.6 Å². The first-order valence-corrected chi connectivity index (χ1v) is 11.9. The van der Waals surface area contributed by atoms with Crippen LogP contribution in [0.3, 0.4) is 0 Å². The molecule has 1 fully saturated rings. The molecule has 2 N–H and O–H groups in total. The van der Waals surface area contributed by atoms with Gasteiger partial charge >= 0.3 is 0 Å². The molecule has 1 unspecified atom stereocenters. The highest BCUT2D eigenvalue weighted by Crippen LogP contribution is 2.34. The van der Waals surface area contributed by atoms with E-state index in [0.29, 0.717) is 24.7 Å². The zero-order valence-electron chi connectivity index (χ0n) is 20.3. The number of hydrogen-bond acceptors (Lipinski definition) is 6. The molecule has 180 valence electrons. The van der Waals surface area contributed by atoms with Gasteiger partial charge in [-0.05, 0) is 39.4 Å². The monoisotopic (exact) mass is 455 g/mol. The van der Waals surface area contributed by atoms with Crippen LogP contribution in [0.1, 0.15) is 80.8 Å². The summed E-state index contributed by atoms with van der Waals surface area (Å²) in [5.74, 6) is 0.810. The molecule has 2 aromatic rings. The standard InChI is InChI=1S/C25H37N5O3/c1-18-9-11-20(12-10-18)21(30(3)4)17-26-22(32)13-14-23-27-24(29-33-23)25(28-19(2)31)15-7-5-6-8-16-25/h9-12,21H,5-8,13-17H2,1-4H3,(H,26,32)(H,28,31). The number of benzene rings is 1. The number of hydrogen-bond donors (Lipinski definition) is 2. The van der Waals surface area contributed by atoms with E-state index in [0.717, 1.165) is 38.5 Å². The number of likely N-dealkylation sites (N-methyl/N-ethyl adjacent to an activating group) is 1. The molecule has 1 aromatic heterocycles. The molecular formula is C25H37N5O3. The van der Waals surface area contributed by atoms with Crippen LogP contribution in [-0.2, 0) is 21.5 Å². The van der Waals surface area contributed by atoms with Crippen LogP contribution in [0.25, 0.3) is 0 Å². The van der Waals surface area contributed by atoms with Gasteiger partial charge in [0, 0.05) is 26.3 Å². The molecule has 33 heavy (non-hydrogen) atoms. The molecule has 0 spiro atoms. The van der Waals surface area contributed by atoms with Crippen LogP contribution in [0.4, 0.5) is 0 Å². The predicted molar refractivity (Wildman–Crippen MR) is 126 cm³/mol. The average molecular weight is 456 g/mol. The third kappa shape index (κ3) is 6.87. The number of carbonyl (C=O) groups excluding carboxylic acids is 2. The Morgan fingerprint density at radius 1 is 1.12 bits per heavy atom. The second-order valence-electron chi connectivity index (χ2n) is 9.38. The van der Waals surface area contributed by atoms with Crippen molar-refractivity contribution in [2.45, 2.75) is 76.8 Å². The summed E-state index contributed by atoms with van der Waals surface area (Å²) >= 11 is 0. The van der Waals surface area contributed by atoms with Crippen LogP contribution in [0, 0.1) is 6.92 Å². The van der Waals surface area contributed by atoms with Gasteiger partial charge in [-0.2, -0.15) is 4.98 Å². The van der Waals surface area contributed by atoms with Crippen LogP contribution in [0.5, 0.6) is 0 Å². The Hall–Kier alpha value is -2.74. The third-order valence-electron chi connectivity index (χ3n) is 6.41. The molecule has 8 heteroatoms. The fourth-order valence-corrected chi connectivity index (χ4v) is 4.53. The van der Waals surface area contributed by atoms with E-state index >= 15 is 0 Å². The number of nitrogens with one attached hydrogen (secondary N) is 2.